The molecule has 0 radical (unpaired) electrons. The highest BCUT2D eigenvalue weighted by Gasteiger charge is 2.17. The quantitative estimate of drug-likeness (QED) is 0.616. The minimum absolute atomic E-state index is 0.280. The normalized spacial score (nSPS) is 10.5. The Morgan fingerprint density at radius 2 is 2.29 bits per heavy atom. The van der Waals surface area contributed by atoms with E-state index >= 15 is 0 Å². The van der Waals surface area contributed by atoms with Gasteiger partial charge in [0.25, 0.3) is 0 Å². The number of aryl methyl sites for hydroxylation is 1. The average molecular weight is 403 g/mol. The fraction of sp³-hybridized carbons (Fsp3) is 0.286. The molecule has 1 heterocycles. The SMILES string of the molecule is CCOC(=O)c1cnn(C)c1CNc1ccc(F)cc1I. The number of anilines is 1. The van der Waals surface area contributed by atoms with Gasteiger partial charge in [-0.1, -0.05) is 0 Å². The Morgan fingerprint density at radius 3 is 2.95 bits per heavy atom. The number of carbonyl (C=O) groups is 1. The Kier molecular flexibility index (Phi) is 5.16. The number of ether oxygens (including phenoxy) is 1. The van der Waals surface area contributed by atoms with Crippen molar-refractivity contribution in [1.82, 2.24) is 9.78 Å². The zero-order valence-electron chi connectivity index (χ0n) is 11.7. The summed E-state index contributed by atoms with van der Waals surface area (Å²) in [6.45, 7) is 2.47. The van der Waals surface area contributed by atoms with Crippen molar-refractivity contribution in [1.29, 1.82) is 0 Å². The first kappa shape index (κ1) is 15.7. The molecule has 0 saturated heterocycles. The highest BCUT2D eigenvalue weighted by Crippen LogP contribution is 2.20. The first-order valence-corrected chi connectivity index (χ1v) is 7.47. The minimum Gasteiger partial charge on any atom is -0.462 e. The number of nitrogens with zero attached hydrogens (tertiary/aromatic N) is 2. The van der Waals surface area contributed by atoms with Gasteiger partial charge in [0.15, 0.2) is 0 Å². The first-order chi connectivity index (χ1) is 10.0. The summed E-state index contributed by atoms with van der Waals surface area (Å²) in [5.41, 5.74) is 1.95. The molecule has 0 bridgehead atoms. The van der Waals surface area contributed by atoms with Gasteiger partial charge in [0, 0.05) is 16.3 Å². The first-order valence-electron chi connectivity index (χ1n) is 6.39. The Labute approximate surface area is 135 Å². The summed E-state index contributed by atoms with van der Waals surface area (Å²) in [4.78, 5) is 11.8. The van der Waals surface area contributed by atoms with Crippen LogP contribution in [0.25, 0.3) is 0 Å². The molecule has 0 aliphatic rings. The summed E-state index contributed by atoms with van der Waals surface area (Å²) in [7, 11) is 1.76. The van der Waals surface area contributed by atoms with Crippen LogP contribution in [0.15, 0.2) is 24.4 Å². The van der Waals surface area contributed by atoms with Crippen molar-refractivity contribution < 1.29 is 13.9 Å². The minimum atomic E-state index is -0.392. The predicted molar refractivity (Wildman–Crippen MR) is 85.6 cm³/mol. The molecule has 0 unspecified atom stereocenters. The molecule has 0 aliphatic carbocycles. The second-order valence-corrected chi connectivity index (χ2v) is 5.49. The van der Waals surface area contributed by atoms with Crippen molar-refractivity contribution in [2.24, 2.45) is 7.05 Å². The molecule has 21 heavy (non-hydrogen) atoms. The molecule has 0 amide bonds. The molecule has 0 aliphatic heterocycles. The molecule has 0 fully saturated rings. The summed E-state index contributed by atoms with van der Waals surface area (Å²) in [5, 5.41) is 7.26. The fourth-order valence-corrected chi connectivity index (χ4v) is 2.53. The van der Waals surface area contributed by atoms with Gasteiger partial charge in [-0.15, -0.1) is 0 Å². The van der Waals surface area contributed by atoms with E-state index in [4.69, 9.17) is 4.74 Å². The van der Waals surface area contributed by atoms with Gasteiger partial charge in [-0.2, -0.15) is 5.10 Å². The third-order valence-electron chi connectivity index (χ3n) is 2.93. The van der Waals surface area contributed by atoms with Crippen LogP contribution >= 0.6 is 22.6 Å². The Bertz CT molecular complexity index is 658. The van der Waals surface area contributed by atoms with Crippen molar-refractivity contribution in [3.8, 4) is 0 Å². The number of aromatic nitrogens is 2. The third-order valence-corrected chi connectivity index (χ3v) is 3.83. The van der Waals surface area contributed by atoms with Gasteiger partial charge in [0.1, 0.15) is 11.4 Å². The zero-order chi connectivity index (χ0) is 15.4. The molecule has 2 aromatic rings. The van der Waals surface area contributed by atoms with Crippen molar-refractivity contribution in [2.75, 3.05) is 11.9 Å². The molecule has 0 atom stereocenters. The van der Waals surface area contributed by atoms with E-state index in [2.05, 4.69) is 33.0 Å². The fourth-order valence-electron chi connectivity index (χ4n) is 1.86. The third kappa shape index (κ3) is 3.72. The average Bonchev–Trinajstić information content (AvgIpc) is 2.79. The van der Waals surface area contributed by atoms with E-state index in [1.807, 2.05) is 0 Å². The summed E-state index contributed by atoms with van der Waals surface area (Å²) in [6.07, 6.45) is 1.49. The molecular weight excluding hydrogens is 388 g/mol. The molecular formula is C14H15FIN3O2. The molecule has 0 spiro atoms. The summed E-state index contributed by atoms with van der Waals surface area (Å²) < 4.78 is 20.5. The smallest absolute Gasteiger partial charge is 0.341 e. The van der Waals surface area contributed by atoms with E-state index in [0.717, 1.165) is 9.26 Å². The number of halogens is 2. The standard InChI is InChI=1S/C14H15FIN3O2/c1-3-21-14(20)10-7-18-19(2)13(10)8-17-12-5-4-9(15)6-11(12)16/h4-7,17H,3,8H2,1-2H3. The maximum absolute atomic E-state index is 13.1. The topological polar surface area (TPSA) is 56.1 Å². The van der Waals surface area contributed by atoms with Crippen LogP contribution in [0.1, 0.15) is 23.0 Å². The van der Waals surface area contributed by atoms with Crippen molar-refractivity contribution in [3.63, 3.8) is 0 Å². The van der Waals surface area contributed by atoms with E-state index in [1.165, 1.54) is 18.3 Å². The van der Waals surface area contributed by atoms with Gasteiger partial charge in [0.2, 0.25) is 0 Å². The largest absolute Gasteiger partial charge is 0.462 e. The lowest BCUT2D eigenvalue weighted by Gasteiger charge is -2.10. The number of hydrogen-bond acceptors (Lipinski definition) is 4. The summed E-state index contributed by atoms with van der Waals surface area (Å²) in [6, 6.07) is 4.50. The summed E-state index contributed by atoms with van der Waals surface area (Å²) >= 11 is 2.05. The second kappa shape index (κ2) is 6.88. The van der Waals surface area contributed by atoms with Crippen molar-refractivity contribution >= 4 is 34.2 Å². The van der Waals surface area contributed by atoms with E-state index in [1.54, 1.807) is 24.7 Å². The van der Waals surface area contributed by atoms with E-state index < -0.39 is 5.97 Å². The Hall–Kier alpha value is -1.64. The van der Waals surface area contributed by atoms with Crippen LogP contribution in [0.2, 0.25) is 0 Å². The predicted octanol–water partition coefficient (Wildman–Crippen LogP) is 2.95. The van der Waals surface area contributed by atoms with Crippen molar-refractivity contribution in [2.45, 2.75) is 13.5 Å². The van der Waals surface area contributed by atoms with Gasteiger partial charge < -0.3 is 10.1 Å². The molecule has 2 rings (SSSR count). The maximum Gasteiger partial charge on any atom is 0.341 e. The number of rotatable bonds is 5. The zero-order valence-corrected chi connectivity index (χ0v) is 13.8. The van der Waals surface area contributed by atoms with Gasteiger partial charge in [0.05, 0.1) is 25.0 Å². The van der Waals surface area contributed by atoms with Crippen LogP contribution in [0.3, 0.4) is 0 Å². The van der Waals surface area contributed by atoms with Crippen LogP contribution in [-0.2, 0) is 18.3 Å². The number of esters is 1. The van der Waals surface area contributed by atoms with Crippen LogP contribution in [0.4, 0.5) is 10.1 Å². The number of nitrogens with one attached hydrogen (secondary N) is 1. The number of carbonyl (C=O) groups excluding carboxylic acids is 1. The lowest BCUT2D eigenvalue weighted by atomic mass is 10.2. The van der Waals surface area contributed by atoms with Gasteiger partial charge in [-0.25, -0.2) is 9.18 Å². The van der Waals surface area contributed by atoms with Gasteiger partial charge in [-0.3, -0.25) is 4.68 Å². The van der Waals surface area contributed by atoms with E-state index in [0.29, 0.717) is 24.4 Å². The highest BCUT2D eigenvalue weighted by atomic mass is 127. The maximum atomic E-state index is 13.1. The van der Waals surface area contributed by atoms with Gasteiger partial charge >= 0.3 is 5.97 Å². The monoisotopic (exact) mass is 403 g/mol. The molecule has 1 aromatic carbocycles. The molecule has 112 valence electrons. The summed E-state index contributed by atoms with van der Waals surface area (Å²) in [5.74, 6) is -0.672. The Balaban J connectivity index is 2.16. The van der Waals surface area contributed by atoms with Crippen LogP contribution in [0.5, 0.6) is 0 Å². The van der Waals surface area contributed by atoms with E-state index in [9.17, 15) is 9.18 Å². The Morgan fingerprint density at radius 1 is 1.52 bits per heavy atom. The molecule has 1 N–H and O–H groups in total. The lowest BCUT2D eigenvalue weighted by molar-refractivity contribution is 0.0525. The molecule has 0 saturated carbocycles. The van der Waals surface area contributed by atoms with Crippen molar-refractivity contribution in [3.05, 3.63) is 45.0 Å². The van der Waals surface area contributed by atoms with Crippen LogP contribution in [-0.4, -0.2) is 22.4 Å². The molecule has 5 nitrogen and oxygen atoms in total. The molecule has 1 aromatic heterocycles. The highest BCUT2D eigenvalue weighted by molar-refractivity contribution is 14.1. The lowest BCUT2D eigenvalue weighted by Crippen LogP contribution is -2.12. The number of hydrogen-bond donors (Lipinski definition) is 1. The van der Waals surface area contributed by atoms with Crippen LogP contribution in [0, 0.1) is 9.39 Å². The number of benzene rings is 1. The van der Waals surface area contributed by atoms with E-state index in [-0.39, 0.29) is 5.82 Å². The van der Waals surface area contributed by atoms with Gasteiger partial charge in [-0.05, 0) is 47.7 Å². The van der Waals surface area contributed by atoms with Crippen LogP contribution < -0.4 is 5.32 Å². The molecule has 7 heteroatoms. The second-order valence-electron chi connectivity index (χ2n) is 4.33.